The van der Waals surface area contributed by atoms with Gasteiger partial charge in [-0.05, 0) is 0 Å². The third-order valence-corrected chi connectivity index (χ3v) is 12.8. The van der Waals surface area contributed by atoms with Crippen LogP contribution in [0.4, 0.5) is 5.73 Å². The Bertz CT molecular complexity index is 2090. The summed E-state index contributed by atoms with van der Waals surface area (Å²) >= 11 is -6.09. The van der Waals surface area contributed by atoms with Gasteiger partial charge in [-0.2, -0.15) is 0 Å². The summed E-state index contributed by atoms with van der Waals surface area (Å²) in [6.07, 6.45) is -2.06. The number of aromatic amines is 1. The SMILES string of the molecule is CC1=C(CCC(=O)O)c2cc3[nH]c(cc4nc(cc5c(C)c(C(C)O)c(cc1n2)[n]5[Sn]([CH3])([F])[F])C(C(C)O)=C4C)c(C)c3CCC(=O)O. The molecular formula is C35H40F2N4O6Sn. The number of aliphatic carboxylic acids is 2. The monoisotopic (exact) mass is 770 g/mol. The van der Waals surface area contributed by atoms with Crippen molar-refractivity contribution in [1.82, 2.24) is 17.7 Å². The maximum atomic E-state index is 15.9. The molecule has 5 N–H and O–H groups in total. The summed E-state index contributed by atoms with van der Waals surface area (Å²) in [4.78, 5) is 37.3. The Morgan fingerprint density at radius 2 is 1.35 bits per heavy atom. The van der Waals surface area contributed by atoms with Gasteiger partial charge in [0.15, 0.2) is 0 Å². The van der Waals surface area contributed by atoms with Crippen LogP contribution in [0, 0.1) is 13.8 Å². The first-order chi connectivity index (χ1) is 22.4. The number of allylic oxidation sites excluding steroid dienone is 3. The van der Waals surface area contributed by atoms with Crippen LogP contribution in [0.3, 0.4) is 0 Å². The molecule has 2 aliphatic heterocycles. The third-order valence-electron chi connectivity index (χ3n) is 9.20. The molecule has 0 amide bonds. The van der Waals surface area contributed by atoms with Crippen LogP contribution in [-0.4, -0.2) is 76.0 Å². The predicted molar refractivity (Wildman–Crippen MR) is 183 cm³/mol. The number of hydrogen-bond acceptors (Lipinski definition) is 6. The van der Waals surface area contributed by atoms with Crippen LogP contribution in [0.25, 0.3) is 44.4 Å². The van der Waals surface area contributed by atoms with Crippen molar-refractivity contribution >= 4 is 76.1 Å². The first-order valence-corrected chi connectivity index (χ1v) is 22.1. The Morgan fingerprint density at radius 3 is 1.94 bits per heavy atom. The number of carboxylic acids is 2. The molecule has 254 valence electrons. The number of halogens is 2. The maximum absolute atomic E-state index is 15.9. The second kappa shape index (κ2) is 13.2. The number of aryl methyl sites for hydroxylation is 3. The average Bonchev–Trinajstić information content (AvgIpc) is 3.62. The van der Waals surface area contributed by atoms with E-state index in [0.717, 1.165) is 18.9 Å². The summed E-state index contributed by atoms with van der Waals surface area (Å²) in [6, 6.07) is 6.64. The van der Waals surface area contributed by atoms with Gasteiger partial charge in [0, 0.05) is 0 Å². The zero-order chi connectivity index (χ0) is 35.4. The van der Waals surface area contributed by atoms with Gasteiger partial charge in [-0.3, -0.25) is 4.79 Å². The van der Waals surface area contributed by atoms with Crippen LogP contribution in [0.1, 0.15) is 98.1 Å². The Hall–Kier alpha value is -3.88. The molecule has 5 heterocycles. The van der Waals surface area contributed by atoms with E-state index in [1.54, 1.807) is 52.0 Å². The molecule has 0 spiro atoms. The smallest absolute Gasteiger partial charge is 0.481 e. The van der Waals surface area contributed by atoms with Crippen LogP contribution < -0.4 is 0 Å². The van der Waals surface area contributed by atoms with E-state index in [4.69, 9.17) is 9.97 Å². The second-order valence-electron chi connectivity index (χ2n) is 12.7. The fourth-order valence-corrected chi connectivity index (χ4v) is 10.5. The van der Waals surface area contributed by atoms with Crippen molar-refractivity contribution < 1.29 is 35.7 Å². The van der Waals surface area contributed by atoms with E-state index in [1.165, 1.54) is 6.92 Å². The van der Waals surface area contributed by atoms with Crippen molar-refractivity contribution in [2.75, 3.05) is 0 Å². The number of H-pyrrole nitrogens is 1. The minimum atomic E-state index is -6.09. The Balaban J connectivity index is 2.06. The molecule has 2 aliphatic rings. The van der Waals surface area contributed by atoms with Crippen molar-refractivity contribution in [3.63, 3.8) is 0 Å². The van der Waals surface area contributed by atoms with E-state index in [0.29, 0.717) is 67.2 Å². The Kier molecular flexibility index (Phi) is 9.74. The molecule has 3 aromatic rings. The number of aliphatic hydroxyl groups excluding tert-OH is 2. The zero-order valence-electron chi connectivity index (χ0n) is 28.0. The van der Waals surface area contributed by atoms with Crippen molar-refractivity contribution in [2.45, 2.75) is 84.4 Å². The van der Waals surface area contributed by atoms with Gasteiger partial charge in [0.1, 0.15) is 0 Å². The number of nitrogens with zero attached hydrogens (tertiary/aromatic N) is 3. The molecule has 0 radical (unpaired) electrons. The number of hydrogen-bond donors (Lipinski definition) is 5. The van der Waals surface area contributed by atoms with Crippen LogP contribution in [0.5, 0.6) is 0 Å². The number of nitrogens with one attached hydrogen (secondary N) is 1. The molecule has 0 aromatic carbocycles. The fourth-order valence-electron chi connectivity index (χ4n) is 6.86. The van der Waals surface area contributed by atoms with Crippen molar-refractivity contribution in [3.8, 4) is 0 Å². The van der Waals surface area contributed by atoms with Gasteiger partial charge < -0.3 is 5.11 Å². The number of fused-ring (bicyclic) bond motifs is 8. The van der Waals surface area contributed by atoms with Gasteiger partial charge in [0.25, 0.3) is 0 Å². The van der Waals surface area contributed by atoms with Crippen LogP contribution in [-0.2, 0) is 16.0 Å². The predicted octanol–water partition coefficient (Wildman–Crippen LogP) is 6.94. The number of carboxylic acid groups (broad SMARTS) is 2. The fraction of sp³-hybridized carbons (Fsp3) is 0.371. The second-order valence-corrected chi connectivity index (χ2v) is 18.7. The Morgan fingerprint density at radius 1 is 0.792 bits per heavy atom. The summed E-state index contributed by atoms with van der Waals surface area (Å²) in [5.74, 6) is -1.97. The minimum Gasteiger partial charge on any atom is -0.481 e. The van der Waals surface area contributed by atoms with E-state index in [-0.39, 0.29) is 36.7 Å². The van der Waals surface area contributed by atoms with Crippen LogP contribution >= 0.6 is 0 Å². The normalized spacial score (nSPS) is 14.9. The van der Waals surface area contributed by atoms with E-state index < -0.39 is 43.9 Å². The molecule has 2 atom stereocenters. The standard InChI is InChI=1S/C34H38N4O6.CH3.2FH.Sn/c1-15-21(7-9-31(41)42)27-14-28-22(8-10-32(43)44)16(2)24(36-28)12-29-34(20(6)40)18(4)26(38-29)13-30-33(19(5)39)17(3)25(37-30)11-23(15)35-27;;;;/h11-14,19-20,39-40H,7-10H2,1-6H3,(H4,35,36,37,38,41,42,43,44);1H3;2*1H;/q;;;;+3/p-3. The average molecular weight is 769 g/mol. The molecule has 10 nitrogen and oxygen atoms in total. The molecule has 13 heteroatoms. The van der Waals surface area contributed by atoms with Gasteiger partial charge in [0.05, 0.1) is 0 Å². The summed E-state index contributed by atoms with van der Waals surface area (Å²) < 4.78 is 32.9. The first-order valence-electron chi connectivity index (χ1n) is 15.8. The Labute approximate surface area is 282 Å². The van der Waals surface area contributed by atoms with Gasteiger partial charge >= 0.3 is 273 Å². The third kappa shape index (κ3) is 6.57. The minimum absolute atomic E-state index is 0.120. The summed E-state index contributed by atoms with van der Waals surface area (Å²) in [7, 11) is 0. The van der Waals surface area contributed by atoms with Gasteiger partial charge in [-0.15, -0.1) is 0 Å². The molecule has 48 heavy (non-hydrogen) atoms. The van der Waals surface area contributed by atoms with Crippen molar-refractivity contribution in [2.24, 2.45) is 0 Å². The number of rotatable bonds is 9. The molecule has 0 aliphatic carbocycles. The molecule has 3 aromatic heterocycles. The molecule has 0 saturated heterocycles. The van der Waals surface area contributed by atoms with Crippen molar-refractivity contribution in [3.05, 3.63) is 69.3 Å². The van der Waals surface area contributed by atoms with E-state index in [2.05, 4.69) is 4.98 Å². The van der Waals surface area contributed by atoms with Gasteiger partial charge in [-0.25, -0.2) is 0 Å². The van der Waals surface area contributed by atoms with E-state index in [1.807, 2.05) is 6.92 Å². The number of aromatic nitrogens is 4. The molecule has 0 fully saturated rings. The van der Waals surface area contributed by atoms with Crippen LogP contribution in [0.15, 0.2) is 24.3 Å². The van der Waals surface area contributed by atoms with E-state index >= 15 is 5.73 Å². The zero-order valence-corrected chi connectivity index (χ0v) is 30.8. The van der Waals surface area contributed by atoms with E-state index in [9.17, 15) is 30.0 Å². The van der Waals surface area contributed by atoms with Crippen molar-refractivity contribution in [1.29, 1.82) is 0 Å². The van der Waals surface area contributed by atoms with Crippen LogP contribution in [0.2, 0.25) is 4.94 Å². The summed E-state index contributed by atoms with van der Waals surface area (Å²) in [5.41, 5.74) is 7.84. The molecule has 8 bridgehead atoms. The number of carbonyl (C=O) groups is 2. The quantitative estimate of drug-likeness (QED) is 0.146. The number of aliphatic hydroxyl groups is 2. The first kappa shape index (κ1) is 35.4. The molecular weight excluding hydrogens is 729 g/mol. The topological polar surface area (TPSA) is 162 Å². The summed E-state index contributed by atoms with van der Waals surface area (Å²) in [6.45, 7) is 10.2. The summed E-state index contributed by atoms with van der Waals surface area (Å²) in [5, 5.41) is 40.8. The van der Waals surface area contributed by atoms with Gasteiger partial charge in [-0.1, -0.05) is 0 Å². The van der Waals surface area contributed by atoms with Gasteiger partial charge in [0.2, 0.25) is 0 Å². The molecule has 0 saturated carbocycles. The molecule has 2 unspecified atom stereocenters. The molecule has 5 rings (SSSR count).